The molecular weight excluding hydrogens is 307 g/mol. The molecule has 5 heteroatoms. The first-order valence-corrected chi connectivity index (χ1v) is 8.34. The Balaban J connectivity index is 1.56. The molecule has 2 fully saturated rings. The Hall–Kier alpha value is -0.770. The molecule has 3 nitrogen and oxygen atoms in total. The summed E-state index contributed by atoms with van der Waals surface area (Å²) in [4.78, 5) is 14.2. The van der Waals surface area contributed by atoms with Crippen molar-refractivity contribution in [1.29, 1.82) is 0 Å². The highest BCUT2D eigenvalue weighted by Crippen LogP contribution is 2.29. The Morgan fingerprint density at radius 3 is 2.81 bits per heavy atom. The van der Waals surface area contributed by atoms with Crippen molar-refractivity contribution in [3.05, 3.63) is 33.8 Å². The summed E-state index contributed by atoms with van der Waals surface area (Å²) >= 11 is 12.2. The molecule has 1 saturated carbocycles. The predicted molar refractivity (Wildman–Crippen MR) is 85.6 cm³/mol. The molecule has 0 aromatic heterocycles. The molecule has 114 valence electrons. The minimum absolute atomic E-state index is 0.242. The van der Waals surface area contributed by atoms with Crippen molar-refractivity contribution in [2.75, 3.05) is 13.1 Å². The van der Waals surface area contributed by atoms with E-state index in [0.717, 1.165) is 50.9 Å². The number of carbonyl (C=O) groups is 1. The number of hydrogen-bond donors (Lipinski definition) is 1. The first-order chi connectivity index (χ1) is 10.1. The van der Waals surface area contributed by atoms with Crippen molar-refractivity contribution in [3.8, 4) is 0 Å². The average Bonchev–Trinajstić information content (AvgIpc) is 3.27. The molecule has 2 aliphatic rings. The van der Waals surface area contributed by atoms with E-state index in [0.29, 0.717) is 10.0 Å². The highest BCUT2D eigenvalue weighted by molar-refractivity contribution is 6.35. The third kappa shape index (κ3) is 4.12. The van der Waals surface area contributed by atoms with Gasteiger partial charge in [-0.2, -0.15) is 0 Å². The van der Waals surface area contributed by atoms with Crippen molar-refractivity contribution in [2.24, 2.45) is 5.92 Å². The van der Waals surface area contributed by atoms with Crippen molar-refractivity contribution in [1.82, 2.24) is 10.2 Å². The summed E-state index contributed by atoms with van der Waals surface area (Å²) < 4.78 is 0. The van der Waals surface area contributed by atoms with Crippen LogP contribution in [0.1, 0.15) is 31.2 Å². The van der Waals surface area contributed by atoms with Gasteiger partial charge in [-0.1, -0.05) is 29.3 Å². The molecule has 1 heterocycles. The van der Waals surface area contributed by atoms with Crippen molar-refractivity contribution in [3.63, 3.8) is 0 Å². The van der Waals surface area contributed by atoms with Crippen molar-refractivity contribution >= 4 is 29.1 Å². The number of halogens is 2. The summed E-state index contributed by atoms with van der Waals surface area (Å²) in [6, 6.07) is 5.92. The Bertz CT molecular complexity index is 531. The molecular formula is C16H20Cl2N2O. The largest absolute Gasteiger partial charge is 0.352 e. The van der Waals surface area contributed by atoms with Gasteiger partial charge in [-0.05, 0) is 49.9 Å². The molecule has 21 heavy (non-hydrogen) atoms. The summed E-state index contributed by atoms with van der Waals surface area (Å²) in [6.45, 7) is 2.76. The van der Waals surface area contributed by atoms with E-state index < -0.39 is 0 Å². The number of hydrogen-bond acceptors (Lipinski definition) is 2. The summed E-state index contributed by atoms with van der Waals surface area (Å²) in [6.07, 6.45) is 4.30. The SMILES string of the molecule is O=C(NC1CCCN(Cc2ccc(Cl)cc2Cl)C1)C1CC1. The monoisotopic (exact) mass is 326 g/mol. The third-order valence-electron chi connectivity index (χ3n) is 4.21. The van der Waals surface area contributed by atoms with Crippen molar-refractivity contribution in [2.45, 2.75) is 38.3 Å². The Labute approximate surface area is 135 Å². The zero-order valence-corrected chi connectivity index (χ0v) is 13.5. The molecule has 1 saturated heterocycles. The Morgan fingerprint density at radius 1 is 1.29 bits per heavy atom. The van der Waals surface area contributed by atoms with Crippen LogP contribution >= 0.6 is 23.2 Å². The minimum Gasteiger partial charge on any atom is -0.352 e. The van der Waals surface area contributed by atoms with E-state index in [1.165, 1.54) is 0 Å². The predicted octanol–water partition coefficient (Wildman–Crippen LogP) is 3.48. The highest BCUT2D eigenvalue weighted by atomic mass is 35.5. The van der Waals surface area contributed by atoms with Gasteiger partial charge < -0.3 is 5.32 Å². The fourth-order valence-corrected chi connectivity index (χ4v) is 3.34. The average molecular weight is 327 g/mol. The lowest BCUT2D eigenvalue weighted by atomic mass is 10.0. The molecule has 0 radical (unpaired) electrons. The maximum atomic E-state index is 11.9. The van der Waals surface area contributed by atoms with Crippen LogP contribution in [0.25, 0.3) is 0 Å². The van der Waals surface area contributed by atoms with Gasteiger partial charge in [-0.15, -0.1) is 0 Å². The molecule has 1 aromatic rings. The van der Waals surface area contributed by atoms with Gasteiger partial charge in [0.05, 0.1) is 0 Å². The molecule has 1 aromatic carbocycles. The Kier molecular flexibility index (Phi) is 4.72. The van der Waals surface area contributed by atoms with Crippen LogP contribution in [0.5, 0.6) is 0 Å². The van der Waals surface area contributed by atoms with Gasteiger partial charge in [0.25, 0.3) is 0 Å². The standard InChI is InChI=1S/C16H20Cl2N2O/c17-13-6-5-12(15(18)8-13)9-20-7-1-2-14(10-20)19-16(21)11-3-4-11/h5-6,8,11,14H,1-4,7,9-10H2,(H,19,21). The lowest BCUT2D eigenvalue weighted by Crippen LogP contribution is -2.47. The molecule has 0 spiro atoms. The van der Waals surface area contributed by atoms with Gasteiger partial charge >= 0.3 is 0 Å². The van der Waals surface area contributed by atoms with Crippen LogP contribution in [-0.2, 0) is 11.3 Å². The maximum Gasteiger partial charge on any atom is 0.223 e. The maximum absolute atomic E-state index is 11.9. The third-order valence-corrected chi connectivity index (χ3v) is 4.80. The van der Waals surface area contributed by atoms with E-state index in [-0.39, 0.29) is 17.9 Å². The highest BCUT2D eigenvalue weighted by Gasteiger charge is 2.32. The fraction of sp³-hybridized carbons (Fsp3) is 0.562. The van der Waals surface area contributed by atoms with Crippen molar-refractivity contribution < 1.29 is 4.79 Å². The molecule has 1 unspecified atom stereocenters. The number of nitrogens with one attached hydrogen (secondary N) is 1. The van der Waals surface area contributed by atoms with Gasteiger partial charge in [0, 0.05) is 35.1 Å². The number of rotatable bonds is 4. The van der Waals surface area contributed by atoms with Crippen LogP contribution in [0, 0.1) is 5.92 Å². The van der Waals surface area contributed by atoms with Gasteiger partial charge in [0.2, 0.25) is 5.91 Å². The van der Waals surface area contributed by atoms with Crippen LogP contribution in [0.3, 0.4) is 0 Å². The summed E-state index contributed by atoms with van der Waals surface area (Å²) in [5.74, 6) is 0.525. The first kappa shape index (κ1) is 15.1. The normalized spacial score (nSPS) is 23.0. The second-order valence-corrected chi connectivity index (χ2v) is 6.94. The lowest BCUT2D eigenvalue weighted by Gasteiger charge is -2.33. The fourth-order valence-electron chi connectivity index (χ4n) is 2.87. The number of nitrogens with zero attached hydrogens (tertiary/aromatic N) is 1. The second kappa shape index (κ2) is 6.55. The smallest absolute Gasteiger partial charge is 0.223 e. The summed E-state index contributed by atoms with van der Waals surface area (Å²) in [7, 11) is 0. The van der Waals surface area contributed by atoms with Crippen LogP contribution < -0.4 is 5.32 Å². The number of benzene rings is 1. The molecule has 0 bridgehead atoms. The van der Waals surface area contributed by atoms with E-state index in [2.05, 4.69) is 10.2 Å². The van der Waals surface area contributed by atoms with Gasteiger partial charge in [-0.25, -0.2) is 0 Å². The lowest BCUT2D eigenvalue weighted by molar-refractivity contribution is -0.123. The number of piperidine rings is 1. The second-order valence-electron chi connectivity index (χ2n) is 6.09. The topological polar surface area (TPSA) is 32.3 Å². The van der Waals surface area contributed by atoms with E-state index >= 15 is 0 Å². The quantitative estimate of drug-likeness (QED) is 0.918. The number of carbonyl (C=O) groups excluding carboxylic acids is 1. The van der Waals surface area contributed by atoms with Crippen LogP contribution in [0.15, 0.2) is 18.2 Å². The first-order valence-electron chi connectivity index (χ1n) is 7.58. The number of likely N-dealkylation sites (tertiary alicyclic amines) is 1. The van der Waals surface area contributed by atoms with E-state index in [1.54, 1.807) is 6.07 Å². The zero-order valence-electron chi connectivity index (χ0n) is 11.9. The van der Waals surface area contributed by atoms with Gasteiger partial charge in [-0.3, -0.25) is 9.69 Å². The van der Waals surface area contributed by atoms with E-state index in [4.69, 9.17) is 23.2 Å². The molecule has 1 aliphatic carbocycles. The molecule has 1 aliphatic heterocycles. The minimum atomic E-state index is 0.242. The summed E-state index contributed by atoms with van der Waals surface area (Å²) in [5, 5.41) is 4.56. The van der Waals surface area contributed by atoms with Gasteiger partial charge in [0.1, 0.15) is 0 Å². The number of amides is 1. The molecule has 3 rings (SSSR count). The molecule has 1 atom stereocenters. The van der Waals surface area contributed by atoms with E-state index in [9.17, 15) is 4.79 Å². The van der Waals surface area contributed by atoms with Crippen LogP contribution in [0.4, 0.5) is 0 Å². The van der Waals surface area contributed by atoms with E-state index in [1.807, 2.05) is 12.1 Å². The molecule has 1 amide bonds. The van der Waals surface area contributed by atoms with Crippen LogP contribution in [0.2, 0.25) is 10.0 Å². The van der Waals surface area contributed by atoms with Gasteiger partial charge in [0.15, 0.2) is 0 Å². The van der Waals surface area contributed by atoms with Crippen LogP contribution in [-0.4, -0.2) is 29.9 Å². The Morgan fingerprint density at radius 2 is 2.10 bits per heavy atom. The molecule has 1 N–H and O–H groups in total. The zero-order chi connectivity index (χ0) is 14.8. The summed E-state index contributed by atoms with van der Waals surface area (Å²) in [5.41, 5.74) is 1.09.